The normalized spacial score (nSPS) is 17.4. The van der Waals surface area contributed by atoms with Gasteiger partial charge in [0.1, 0.15) is 0 Å². The average molecular weight is 349 g/mol. The fourth-order valence-corrected chi connectivity index (χ4v) is 3.52. The maximum Gasteiger partial charge on any atom is 0.254 e. The molecule has 5 heteroatoms. The zero-order valence-corrected chi connectivity index (χ0v) is 15.4. The second kappa shape index (κ2) is 7.17. The van der Waals surface area contributed by atoms with Gasteiger partial charge >= 0.3 is 0 Å². The minimum absolute atomic E-state index is 0.0204. The van der Waals surface area contributed by atoms with Crippen LogP contribution >= 0.6 is 0 Å². The Kier molecular flexibility index (Phi) is 4.94. The largest absolute Gasteiger partial charge is 0.336 e. The van der Waals surface area contributed by atoms with Crippen LogP contribution in [0, 0.1) is 17.2 Å². The monoisotopic (exact) mass is 349 g/mol. The number of hydrogen-bond acceptors (Lipinski definition) is 3. The first-order chi connectivity index (χ1) is 12.4. The van der Waals surface area contributed by atoms with E-state index in [0.29, 0.717) is 30.8 Å². The quantitative estimate of drug-likeness (QED) is 0.837. The third-order valence-electron chi connectivity index (χ3n) is 4.91. The Labute approximate surface area is 153 Å². The van der Waals surface area contributed by atoms with Gasteiger partial charge in [-0.1, -0.05) is 38.1 Å². The second-order valence-electron chi connectivity index (χ2n) is 7.14. The molecule has 3 rings (SSSR count). The number of fused-ring (bicyclic) bond motifs is 1. The van der Waals surface area contributed by atoms with Crippen LogP contribution in [0.2, 0.25) is 0 Å². The van der Waals surface area contributed by atoms with Crippen molar-refractivity contribution in [2.75, 3.05) is 19.6 Å². The zero-order valence-electron chi connectivity index (χ0n) is 15.4. The van der Waals surface area contributed by atoms with Gasteiger partial charge < -0.3 is 9.80 Å². The van der Waals surface area contributed by atoms with E-state index < -0.39 is 0 Å². The number of carbonyl (C=O) groups excluding carboxylic acids is 2. The number of piperazine rings is 1. The van der Waals surface area contributed by atoms with Crippen LogP contribution in [-0.2, 0) is 4.79 Å². The average Bonchev–Trinajstić information content (AvgIpc) is 2.65. The zero-order chi connectivity index (χ0) is 18.8. The fourth-order valence-electron chi connectivity index (χ4n) is 3.52. The first kappa shape index (κ1) is 17.9. The summed E-state index contributed by atoms with van der Waals surface area (Å²) in [6.07, 6.45) is 0. The lowest BCUT2D eigenvalue weighted by molar-refractivity contribution is -0.138. The fraction of sp³-hybridized carbons (Fsp3) is 0.381. The van der Waals surface area contributed by atoms with Gasteiger partial charge in [0.2, 0.25) is 5.91 Å². The van der Waals surface area contributed by atoms with Gasteiger partial charge in [0, 0.05) is 37.2 Å². The van der Waals surface area contributed by atoms with Gasteiger partial charge in [0.25, 0.3) is 5.91 Å². The Morgan fingerprint density at radius 2 is 1.92 bits per heavy atom. The van der Waals surface area contributed by atoms with Crippen molar-refractivity contribution in [2.24, 2.45) is 5.92 Å². The number of nitriles is 1. The summed E-state index contributed by atoms with van der Waals surface area (Å²) >= 11 is 0. The standard InChI is InChI=1S/C21H23N3O2/c1-14(2)20(25)24-9-8-23(13-15(24)3)21(26)19-11-16(12-22)10-17-6-4-5-7-18(17)19/h4-7,10-11,14-15H,8-9,13H2,1-3H3/t15-/m1/s1. The highest BCUT2D eigenvalue weighted by Crippen LogP contribution is 2.24. The van der Waals surface area contributed by atoms with Crippen molar-refractivity contribution >= 4 is 22.6 Å². The Bertz CT molecular complexity index is 898. The van der Waals surface area contributed by atoms with E-state index in [1.165, 1.54) is 0 Å². The minimum atomic E-state index is -0.0817. The summed E-state index contributed by atoms with van der Waals surface area (Å²) in [7, 11) is 0. The van der Waals surface area contributed by atoms with Crippen LogP contribution in [0.1, 0.15) is 36.7 Å². The number of hydrogen-bond donors (Lipinski definition) is 0. The van der Waals surface area contributed by atoms with E-state index in [0.717, 1.165) is 10.8 Å². The van der Waals surface area contributed by atoms with E-state index in [1.807, 2.05) is 49.9 Å². The van der Waals surface area contributed by atoms with Crippen molar-refractivity contribution in [1.29, 1.82) is 5.26 Å². The summed E-state index contributed by atoms with van der Waals surface area (Å²) in [5, 5.41) is 11.0. The van der Waals surface area contributed by atoms with E-state index in [2.05, 4.69) is 6.07 Å². The van der Waals surface area contributed by atoms with E-state index >= 15 is 0 Å². The van der Waals surface area contributed by atoms with Gasteiger partial charge in [-0.25, -0.2) is 0 Å². The molecule has 1 saturated heterocycles. The smallest absolute Gasteiger partial charge is 0.254 e. The van der Waals surface area contributed by atoms with Crippen LogP contribution in [0.25, 0.3) is 10.8 Å². The van der Waals surface area contributed by atoms with Gasteiger partial charge in [0.15, 0.2) is 0 Å². The van der Waals surface area contributed by atoms with Gasteiger partial charge in [-0.3, -0.25) is 9.59 Å². The van der Waals surface area contributed by atoms with Crippen LogP contribution in [0.4, 0.5) is 0 Å². The molecule has 2 aromatic carbocycles. The molecule has 0 spiro atoms. The lowest BCUT2D eigenvalue weighted by Crippen LogP contribution is -2.56. The lowest BCUT2D eigenvalue weighted by Gasteiger charge is -2.40. The Morgan fingerprint density at radius 3 is 2.58 bits per heavy atom. The predicted molar refractivity (Wildman–Crippen MR) is 101 cm³/mol. The van der Waals surface area contributed by atoms with Crippen molar-refractivity contribution in [3.05, 3.63) is 47.5 Å². The molecule has 0 radical (unpaired) electrons. The molecule has 0 bridgehead atoms. The summed E-state index contributed by atoms with van der Waals surface area (Å²) in [4.78, 5) is 29.1. The number of benzene rings is 2. The molecular weight excluding hydrogens is 326 g/mol. The molecule has 134 valence electrons. The van der Waals surface area contributed by atoms with Crippen molar-refractivity contribution < 1.29 is 9.59 Å². The molecular formula is C21H23N3O2. The van der Waals surface area contributed by atoms with Gasteiger partial charge in [-0.15, -0.1) is 0 Å². The molecule has 1 heterocycles. The van der Waals surface area contributed by atoms with Gasteiger partial charge in [-0.2, -0.15) is 5.26 Å². The Hall–Kier alpha value is -2.87. The third kappa shape index (κ3) is 3.28. The molecule has 0 aromatic heterocycles. The second-order valence-corrected chi connectivity index (χ2v) is 7.14. The number of amides is 2. The van der Waals surface area contributed by atoms with Crippen LogP contribution in [0.3, 0.4) is 0 Å². The van der Waals surface area contributed by atoms with Crippen LogP contribution in [0.15, 0.2) is 36.4 Å². The molecule has 1 aliphatic heterocycles. The molecule has 5 nitrogen and oxygen atoms in total. The highest BCUT2D eigenvalue weighted by Gasteiger charge is 2.31. The predicted octanol–water partition coefficient (Wildman–Crippen LogP) is 3.04. The molecule has 0 saturated carbocycles. The summed E-state index contributed by atoms with van der Waals surface area (Å²) in [6, 6.07) is 13.2. The molecule has 0 unspecified atom stereocenters. The van der Waals surface area contributed by atoms with Gasteiger partial charge in [0.05, 0.1) is 11.6 Å². The highest BCUT2D eigenvalue weighted by atomic mass is 16.2. The van der Waals surface area contributed by atoms with E-state index in [4.69, 9.17) is 0 Å². The summed E-state index contributed by atoms with van der Waals surface area (Å²) in [5.41, 5.74) is 1.03. The molecule has 0 N–H and O–H groups in total. The molecule has 26 heavy (non-hydrogen) atoms. The first-order valence-electron chi connectivity index (χ1n) is 8.95. The first-order valence-corrected chi connectivity index (χ1v) is 8.95. The van der Waals surface area contributed by atoms with Crippen LogP contribution in [-0.4, -0.2) is 47.3 Å². The van der Waals surface area contributed by atoms with E-state index in [-0.39, 0.29) is 23.8 Å². The van der Waals surface area contributed by atoms with Crippen LogP contribution < -0.4 is 0 Å². The number of carbonyl (C=O) groups is 2. The molecule has 1 aliphatic rings. The Morgan fingerprint density at radius 1 is 1.19 bits per heavy atom. The van der Waals surface area contributed by atoms with Gasteiger partial charge in [-0.05, 0) is 29.8 Å². The molecule has 2 aromatic rings. The molecule has 2 amide bonds. The SMILES string of the molecule is CC(C)C(=O)N1CCN(C(=O)c2cc(C#N)cc3ccccc23)C[C@H]1C. The number of rotatable bonds is 2. The lowest BCUT2D eigenvalue weighted by atomic mass is 9.99. The highest BCUT2D eigenvalue weighted by molar-refractivity contribution is 6.07. The number of nitrogens with zero attached hydrogens (tertiary/aromatic N) is 3. The maximum absolute atomic E-state index is 13.2. The summed E-state index contributed by atoms with van der Waals surface area (Å²) in [6.45, 7) is 7.32. The summed E-state index contributed by atoms with van der Waals surface area (Å²) in [5.74, 6) is -0.000669. The molecule has 0 aliphatic carbocycles. The van der Waals surface area contributed by atoms with E-state index in [9.17, 15) is 14.9 Å². The van der Waals surface area contributed by atoms with Crippen molar-refractivity contribution in [2.45, 2.75) is 26.8 Å². The van der Waals surface area contributed by atoms with Crippen molar-refractivity contribution in [3.8, 4) is 6.07 Å². The Balaban J connectivity index is 1.88. The van der Waals surface area contributed by atoms with E-state index in [1.54, 1.807) is 17.0 Å². The minimum Gasteiger partial charge on any atom is -0.336 e. The van der Waals surface area contributed by atoms with Crippen LogP contribution in [0.5, 0.6) is 0 Å². The van der Waals surface area contributed by atoms with Crippen molar-refractivity contribution in [1.82, 2.24) is 9.80 Å². The maximum atomic E-state index is 13.2. The topological polar surface area (TPSA) is 64.4 Å². The van der Waals surface area contributed by atoms with Crippen molar-refractivity contribution in [3.63, 3.8) is 0 Å². The third-order valence-corrected chi connectivity index (χ3v) is 4.91. The molecule has 1 atom stereocenters. The molecule has 1 fully saturated rings. The summed E-state index contributed by atoms with van der Waals surface area (Å²) < 4.78 is 0.